The van der Waals surface area contributed by atoms with E-state index in [4.69, 9.17) is 14.2 Å². The van der Waals surface area contributed by atoms with Gasteiger partial charge in [-0.05, 0) is 60.5 Å². The molecule has 11 heteroatoms. The Morgan fingerprint density at radius 2 is 1.55 bits per heavy atom. The topological polar surface area (TPSA) is 114 Å². The smallest absolute Gasteiger partial charge is 0.264 e. The quantitative estimate of drug-likeness (QED) is 0.335. The van der Waals surface area contributed by atoms with Gasteiger partial charge >= 0.3 is 0 Å². The highest BCUT2D eigenvalue weighted by Gasteiger charge is 2.34. The van der Waals surface area contributed by atoms with Crippen LogP contribution in [-0.4, -0.2) is 66.1 Å². The molecule has 0 saturated heterocycles. The van der Waals surface area contributed by atoms with E-state index in [1.807, 2.05) is 6.07 Å². The average Bonchev–Trinajstić information content (AvgIpc) is 2.99. The molecule has 3 rings (SSSR count). The fourth-order valence-electron chi connectivity index (χ4n) is 4.28. The van der Waals surface area contributed by atoms with E-state index in [0.717, 1.165) is 9.87 Å². The van der Waals surface area contributed by atoms with Crippen LogP contribution in [-0.2, 0) is 26.2 Å². The number of para-hydroxylation sites is 2. The standard InChI is InChI=1S/C29H35N3O7S/c1-6-25(29(34)30-2)31(19-21-10-9-11-23(18-21)38-4)28(33)20-32(26-12-7-8-13-27(26)39-5)40(35,36)24-16-14-22(37-3)15-17-24/h7-18,25H,6,19-20H2,1-5H3,(H,30,34). The number of carbonyl (C=O) groups is 2. The molecule has 0 saturated carbocycles. The Morgan fingerprint density at radius 3 is 2.15 bits per heavy atom. The van der Waals surface area contributed by atoms with Crippen molar-refractivity contribution in [3.05, 3.63) is 78.4 Å². The number of anilines is 1. The third-order valence-corrected chi connectivity index (χ3v) is 8.17. The summed E-state index contributed by atoms with van der Waals surface area (Å²) in [6.45, 7) is 1.27. The third kappa shape index (κ3) is 6.84. The molecule has 0 aliphatic rings. The number of carbonyl (C=O) groups excluding carboxylic acids is 2. The zero-order valence-corrected chi connectivity index (χ0v) is 24.1. The highest BCUT2D eigenvalue weighted by atomic mass is 32.2. The molecule has 0 aliphatic heterocycles. The molecule has 0 bridgehead atoms. The SMILES string of the molecule is CCC(C(=O)NC)N(Cc1cccc(OC)c1)C(=O)CN(c1ccccc1OC)S(=O)(=O)c1ccc(OC)cc1. The number of hydrogen-bond acceptors (Lipinski definition) is 7. The van der Waals surface area contributed by atoms with E-state index in [-0.39, 0.29) is 28.8 Å². The molecule has 0 fully saturated rings. The number of hydrogen-bond donors (Lipinski definition) is 1. The van der Waals surface area contributed by atoms with Crippen LogP contribution < -0.4 is 23.8 Å². The number of amides is 2. The molecular formula is C29H35N3O7S. The first kappa shape index (κ1) is 30.3. The van der Waals surface area contributed by atoms with Crippen molar-refractivity contribution in [2.24, 2.45) is 0 Å². The molecule has 1 atom stereocenters. The van der Waals surface area contributed by atoms with Gasteiger partial charge in [0, 0.05) is 13.6 Å². The fourth-order valence-corrected chi connectivity index (χ4v) is 5.70. The van der Waals surface area contributed by atoms with E-state index < -0.39 is 28.5 Å². The molecule has 1 unspecified atom stereocenters. The van der Waals surface area contributed by atoms with Crippen molar-refractivity contribution in [2.45, 2.75) is 30.8 Å². The normalized spacial score (nSPS) is 11.7. The van der Waals surface area contributed by atoms with Crippen LogP contribution in [0, 0.1) is 0 Å². The van der Waals surface area contributed by atoms with E-state index in [1.165, 1.54) is 57.5 Å². The van der Waals surface area contributed by atoms with Crippen molar-refractivity contribution in [1.29, 1.82) is 0 Å². The number of nitrogens with one attached hydrogen (secondary N) is 1. The summed E-state index contributed by atoms with van der Waals surface area (Å²) in [5.41, 5.74) is 0.903. The molecule has 0 spiro atoms. The second-order valence-electron chi connectivity index (χ2n) is 8.77. The molecular weight excluding hydrogens is 534 g/mol. The lowest BCUT2D eigenvalue weighted by Crippen LogP contribution is -2.51. The summed E-state index contributed by atoms with van der Waals surface area (Å²) in [6.07, 6.45) is 0.315. The number of likely N-dealkylation sites (N-methyl/N-ethyl adjacent to an activating group) is 1. The Morgan fingerprint density at radius 1 is 0.875 bits per heavy atom. The van der Waals surface area contributed by atoms with Gasteiger partial charge in [0.05, 0.1) is 31.9 Å². The van der Waals surface area contributed by atoms with Crippen molar-refractivity contribution >= 4 is 27.5 Å². The zero-order chi connectivity index (χ0) is 29.3. The number of sulfonamides is 1. The highest BCUT2D eigenvalue weighted by Crippen LogP contribution is 2.33. The summed E-state index contributed by atoms with van der Waals surface area (Å²) in [4.78, 5) is 28.2. The molecule has 3 aromatic rings. The first-order chi connectivity index (χ1) is 19.2. The molecule has 40 heavy (non-hydrogen) atoms. The second kappa shape index (κ2) is 13.7. The Hall–Kier alpha value is -4.25. The minimum absolute atomic E-state index is 0.0373. The molecule has 10 nitrogen and oxygen atoms in total. The van der Waals surface area contributed by atoms with Crippen LogP contribution in [0.4, 0.5) is 5.69 Å². The predicted octanol–water partition coefficient (Wildman–Crippen LogP) is 3.46. The lowest BCUT2D eigenvalue weighted by molar-refractivity contribution is -0.140. The molecule has 2 amide bonds. The van der Waals surface area contributed by atoms with Gasteiger partial charge in [-0.15, -0.1) is 0 Å². The van der Waals surface area contributed by atoms with Crippen molar-refractivity contribution in [1.82, 2.24) is 10.2 Å². The number of rotatable bonds is 13. The maximum atomic E-state index is 14.0. The van der Waals surface area contributed by atoms with Gasteiger partial charge in [-0.1, -0.05) is 31.2 Å². The lowest BCUT2D eigenvalue weighted by Gasteiger charge is -2.33. The summed E-state index contributed by atoms with van der Waals surface area (Å²) >= 11 is 0. The second-order valence-corrected chi connectivity index (χ2v) is 10.6. The van der Waals surface area contributed by atoms with Crippen LogP contribution in [0.1, 0.15) is 18.9 Å². The first-order valence-corrected chi connectivity index (χ1v) is 14.1. The summed E-state index contributed by atoms with van der Waals surface area (Å²) in [7, 11) is 1.69. The van der Waals surface area contributed by atoms with E-state index in [0.29, 0.717) is 17.9 Å². The highest BCUT2D eigenvalue weighted by molar-refractivity contribution is 7.92. The van der Waals surface area contributed by atoms with E-state index in [1.54, 1.807) is 49.4 Å². The summed E-state index contributed by atoms with van der Waals surface area (Å²) < 4.78 is 44.9. The van der Waals surface area contributed by atoms with Gasteiger partial charge in [0.15, 0.2) is 0 Å². The molecule has 3 aromatic carbocycles. The number of methoxy groups -OCH3 is 3. The van der Waals surface area contributed by atoms with Crippen molar-refractivity contribution < 1.29 is 32.2 Å². The number of ether oxygens (including phenoxy) is 3. The molecule has 1 N–H and O–H groups in total. The van der Waals surface area contributed by atoms with Crippen LogP contribution in [0.2, 0.25) is 0 Å². The summed E-state index contributed by atoms with van der Waals surface area (Å²) in [5, 5.41) is 2.61. The van der Waals surface area contributed by atoms with Gasteiger partial charge in [0.25, 0.3) is 10.0 Å². The van der Waals surface area contributed by atoms with E-state index in [2.05, 4.69) is 5.32 Å². The van der Waals surface area contributed by atoms with Gasteiger partial charge in [-0.25, -0.2) is 8.42 Å². The van der Waals surface area contributed by atoms with Crippen molar-refractivity contribution in [3.8, 4) is 17.2 Å². The maximum Gasteiger partial charge on any atom is 0.264 e. The van der Waals surface area contributed by atoms with Gasteiger partial charge < -0.3 is 24.4 Å². The monoisotopic (exact) mass is 569 g/mol. The summed E-state index contributed by atoms with van der Waals surface area (Å²) in [5.74, 6) is 0.419. The van der Waals surface area contributed by atoms with Crippen LogP contribution in [0.5, 0.6) is 17.2 Å². The Balaban J connectivity index is 2.10. The zero-order valence-electron chi connectivity index (χ0n) is 23.3. The van der Waals surface area contributed by atoms with Crippen LogP contribution >= 0.6 is 0 Å². The molecule has 0 aromatic heterocycles. The average molecular weight is 570 g/mol. The van der Waals surface area contributed by atoms with Crippen LogP contribution in [0.15, 0.2) is 77.7 Å². The maximum absolute atomic E-state index is 14.0. The van der Waals surface area contributed by atoms with Crippen molar-refractivity contribution in [3.63, 3.8) is 0 Å². The first-order valence-electron chi connectivity index (χ1n) is 12.6. The Labute approximate surface area is 235 Å². The van der Waals surface area contributed by atoms with Gasteiger partial charge in [0.1, 0.15) is 29.8 Å². The third-order valence-electron chi connectivity index (χ3n) is 6.40. The number of benzene rings is 3. The van der Waals surface area contributed by atoms with Gasteiger partial charge in [-0.3, -0.25) is 13.9 Å². The fraction of sp³-hybridized carbons (Fsp3) is 0.310. The molecule has 0 heterocycles. The Kier molecular flexibility index (Phi) is 10.4. The van der Waals surface area contributed by atoms with E-state index >= 15 is 0 Å². The minimum Gasteiger partial charge on any atom is -0.497 e. The predicted molar refractivity (Wildman–Crippen MR) is 152 cm³/mol. The largest absolute Gasteiger partial charge is 0.497 e. The lowest BCUT2D eigenvalue weighted by atomic mass is 10.1. The van der Waals surface area contributed by atoms with Gasteiger partial charge in [0.2, 0.25) is 11.8 Å². The van der Waals surface area contributed by atoms with E-state index in [9.17, 15) is 18.0 Å². The van der Waals surface area contributed by atoms with Crippen LogP contribution in [0.3, 0.4) is 0 Å². The Bertz CT molecular complexity index is 1410. The van der Waals surface area contributed by atoms with Crippen LogP contribution in [0.25, 0.3) is 0 Å². The molecule has 214 valence electrons. The van der Waals surface area contributed by atoms with Gasteiger partial charge in [-0.2, -0.15) is 0 Å². The summed E-state index contributed by atoms with van der Waals surface area (Å²) in [6, 6.07) is 18.7. The van der Waals surface area contributed by atoms with Crippen molar-refractivity contribution in [2.75, 3.05) is 39.2 Å². The number of nitrogens with zero attached hydrogens (tertiary/aromatic N) is 2. The molecule has 0 aliphatic carbocycles. The molecule has 0 radical (unpaired) electrons. The minimum atomic E-state index is -4.25.